The van der Waals surface area contributed by atoms with E-state index in [1.165, 1.54) is 5.57 Å². The number of nitrogens with zero attached hydrogens (tertiary/aromatic N) is 1. The summed E-state index contributed by atoms with van der Waals surface area (Å²) < 4.78 is 5.42. The third kappa shape index (κ3) is 5.60. The predicted molar refractivity (Wildman–Crippen MR) is 111 cm³/mol. The lowest BCUT2D eigenvalue weighted by Gasteiger charge is -2.29. The number of phenolic OH excluding ortho intramolecular Hbond substituents is 2. The molecule has 150 valence electrons. The van der Waals surface area contributed by atoms with Crippen molar-refractivity contribution in [3.63, 3.8) is 0 Å². The van der Waals surface area contributed by atoms with Gasteiger partial charge in [0.15, 0.2) is 0 Å². The Labute approximate surface area is 164 Å². The van der Waals surface area contributed by atoms with E-state index >= 15 is 0 Å². The summed E-state index contributed by atoms with van der Waals surface area (Å²) in [6, 6.07) is 1.86. The highest BCUT2D eigenvalue weighted by atomic mass is 16.5. The number of phenols is 2. The zero-order valence-corrected chi connectivity index (χ0v) is 17.1. The first kappa shape index (κ1) is 21.5. The second-order valence-corrected chi connectivity index (χ2v) is 7.46. The van der Waals surface area contributed by atoms with Crippen molar-refractivity contribution in [2.75, 3.05) is 26.3 Å². The summed E-state index contributed by atoms with van der Waals surface area (Å²) in [6.45, 7) is 13.5. The number of aryl methyl sites for hydroxylation is 1. The number of rotatable bonds is 4. The molecule has 1 aliphatic heterocycles. The van der Waals surface area contributed by atoms with Crippen molar-refractivity contribution in [3.05, 3.63) is 47.1 Å². The summed E-state index contributed by atoms with van der Waals surface area (Å²) in [7, 11) is 0. The molecule has 3 rings (SSSR count). The lowest BCUT2D eigenvalue weighted by Crippen LogP contribution is -2.36. The van der Waals surface area contributed by atoms with Gasteiger partial charge in [-0.05, 0) is 51.2 Å². The molecule has 1 aromatic rings. The Hall–Kier alpha value is -1.78. The van der Waals surface area contributed by atoms with Crippen molar-refractivity contribution in [2.24, 2.45) is 0 Å². The quantitative estimate of drug-likeness (QED) is 0.737. The van der Waals surface area contributed by atoms with Crippen LogP contribution in [0.3, 0.4) is 0 Å². The van der Waals surface area contributed by atoms with Gasteiger partial charge in [0.2, 0.25) is 0 Å². The molecule has 4 heteroatoms. The van der Waals surface area contributed by atoms with E-state index in [0.717, 1.165) is 75.2 Å². The van der Waals surface area contributed by atoms with Crippen LogP contribution in [0.1, 0.15) is 62.6 Å². The first-order chi connectivity index (χ1) is 13.0. The number of allylic oxidation sites excluding steroid dienone is 3. The van der Waals surface area contributed by atoms with Crippen molar-refractivity contribution in [3.8, 4) is 11.5 Å². The molecule has 27 heavy (non-hydrogen) atoms. The molecule has 1 fully saturated rings. The Morgan fingerprint density at radius 2 is 1.96 bits per heavy atom. The lowest BCUT2D eigenvalue weighted by molar-refractivity contribution is 0.0337. The Kier molecular flexibility index (Phi) is 8.39. The molecule has 0 spiro atoms. The van der Waals surface area contributed by atoms with E-state index in [-0.39, 0.29) is 11.7 Å². The third-order valence-corrected chi connectivity index (χ3v) is 5.32. The topological polar surface area (TPSA) is 52.9 Å². The van der Waals surface area contributed by atoms with E-state index in [4.69, 9.17) is 4.74 Å². The van der Waals surface area contributed by atoms with Crippen LogP contribution in [0.15, 0.2) is 30.4 Å². The van der Waals surface area contributed by atoms with Gasteiger partial charge in [0.05, 0.1) is 13.2 Å². The molecule has 1 saturated heterocycles. The molecule has 1 heterocycles. The third-order valence-electron chi connectivity index (χ3n) is 5.32. The fourth-order valence-corrected chi connectivity index (χ4v) is 3.94. The van der Waals surface area contributed by atoms with Crippen LogP contribution in [0, 0.1) is 0 Å². The van der Waals surface area contributed by atoms with Crippen molar-refractivity contribution in [1.82, 2.24) is 4.90 Å². The van der Waals surface area contributed by atoms with Gasteiger partial charge in [-0.15, -0.1) is 6.58 Å². The van der Waals surface area contributed by atoms with E-state index in [0.29, 0.717) is 5.75 Å². The average molecular weight is 374 g/mol. The molecule has 1 atom stereocenters. The van der Waals surface area contributed by atoms with E-state index in [1.807, 2.05) is 13.0 Å². The standard InChI is InChI=1S/C20H29NO3.C3H6/c1-3-15-12-18(22)19(16-6-4-5-14(2)11-16)20(23)17(15)13-21-7-9-24-10-8-21;1-3-2/h11-12,16,22-23H,3-10,13H2,1-2H3;3H,1H2,2H3. The van der Waals surface area contributed by atoms with Crippen LogP contribution in [0.25, 0.3) is 0 Å². The van der Waals surface area contributed by atoms with Crippen LogP contribution in [0.5, 0.6) is 11.5 Å². The average Bonchev–Trinajstić information content (AvgIpc) is 2.65. The van der Waals surface area contributed by atoms with E-state index in [9.17, 15) is 10.2 Å². The van der Waals surface area contributed by atoms with Gasteiger partial charge < -0.3 is 14.9 Å². The molecule has 1 aliphatic carbocycles. The molecule has 1 aromatic carbocycles. The maximum atomic E-state index is 11.0. The smallest absolute Gasteiger partial charge is 0.127 e. The second-order valence-electron chi connectivity index (χ2n) is 7.46. The number of hydrogen-bond donors (Lipinski definition) is 2. The maximum Gasteiger partial charge on any atom is 0.127 e. The van der Waals surface area contributed by atoms with Crippen LogP contribution in [-0.2, 0) is 17.7 Å². The SMILES string of the molecule is C=CC.CCc1cc(O)c(C2C=C(C)CCC2)c(O)c1CN1CCOCC1. The maximum absolute atomic E-state index is 11.0. The van der Waals surface area contributed by atoms with Gasteiger partial charge >= 0.3 is 0 Å². The van der Waals surface area contributed by atoms with E-state index in [1.54, 1.807) is 6.08 Å². The fourth-order valence-electron chi connectivity index (χ4n) is 3.94. The highest BCUT2D eigenvalue weighted by Gasteiger charge is 2.25. The largest absolute Gasteiger partial charge is 0.507 e. The van der Waals surface area contributed by atoms with E-state index in [2.05, 4.69) is 31.4 Å². The summed E-state index contributed by atoms with van der Waals surface area (Å²) >= 11 is 0. The van der Waals surface area contributed by atoms with Crippen molar-refractivity contribution >= 4 is 0 Å². The monoisotopic (exact) mass is 373 g/mol. The van der Waals surface area contributed by atoms with Gasteiger partial charge in [-0.2, -0.15) is 0 Å². The van der Waals surface area contributed by atoms with Gasteiger partial charge in [0.25, 0.3) is 0 Å². The number of morpholine rings is 1. The molecule has 2 aliphatic rings. The van der Waals surface area contributed by atoms with Gasteiger partial charge in [0.1, 0.15) is 11.5 Å². The molecule has 0 bridgehead atoms. The van der Waals surface area contributed by atoms with Gasteiger partial charge in [-0.3, -0.25) is 4.90 Å². The van der Waals surface area contributed by atoms with Crippen molar-refractivity contribution in [2.45, 2.75) is 58.9 Å². The number of ether oxygens (including phenoxy) is 1. The summed E-state index contributed by atoms with van der Waals surface area (Å²) in [5.41, 5.74) is 4.08. The molecule has 0 amide bonds. The summed E-state index contributed by atoms with van der Waals surface area (Å²) in [5.74, 6) is 0.661. The predicted octanol–water partition coefficient (Wildman–Crippen LogP) is 4.90. The molecular formula is C23H35NO3. The summed E-state index contributed by atoms with van der Waals surface area (Å²) in [6.07, 6.45) is 7.98. The Balaban J connectivity index is 0.000000817. The highest BCUT2D eigenvalue weighted by molar-refractivity contribution is 5.56. The minimum absolute atomic E-state index is 0.119. The normalized spacial score (nSPS) is 20.4. The van der Waals surface area contributed by atoms with Crippen LogP contribution < -0.4 is 0 Å². The molecular weight excluding hydrogens is 338 g/mol. The zero-order valence-electron chi connectivity index (χ0n) is 17.1. The summed E-state index contributed by atoms with van der Waals surface area (Å²) in [5, 5.41) is 21.6. The van der Waals surface area contributed by atoms with Gasteiger partial charge in [-0.1, -0.05) is 24.6 Å². The molecule has 4 nitrogen and oxygen atoms in total. The molecule has 0 radical (unpaired) electrons. The molecule has 1 unspecified atom stereocenters. The van der Waals surface area contributed by atoms with Crippen molar-refractivity contribution in [1.29, 1.82) is 0 Å². The first-order valence-electron chi connectivity index (χ1n) is 10.1. The van der Waals surface area contributed by atoms with Crippen LogP contribution in [-0.4, -0.2) is 41.4 Å². The number of benzene rings is 1. The molecule has 0 saturated carbocycles. The summed E-state index contributed by atoms with van der Waals surface area (Å²) in [4.78, 5) is 2.32. The van der Waals surface area contributed by atoms with Crippen molar-refractivity contribution < 1.29 is 14.9 Å². The highest BCUT2D eigenvalue weighted by Crippen LogP contribution is 2.44. The number of aromatic hydroxyl groups is 2. The van der Waals surface area contributed by atoms with Gasteiger partial charge in [0, 0.05) is 36.7 Å². The minimum Gasteiger partial charge on any atom is -0.507 e. The molecule has 2 N–H and O–H groups in total. The fraction of sp³-hybridized carbons (Fsp3) is 0.565. The van der Waals surface area contributed by atoms with Crippen LogP contribution in [0.2, 0.25) is 0 Å². The van der Waals surface area contributed by atoms with Gasteiger partial charge in [-0.25, -0.2) is 0 Å². The van der Waals surface area contributed by atoms with E-state index < -0.39 is 0 Å². The minimum atomic E-state index is 0.119. The lowest BCUT2D eigenvalue weighted by atomic mass is 9.83. The Morgan fingerprint density at radius 1 is 1.30 bits per heavy atom. The zero-order chi connectivity index (χ0) is 19.8. The Morgan fingerprint density at radius 3 is 2.56 bits per heavy atom. The van der Waals surface area contributed by atoms with Crippen LogP contribution >= 0.6 is 0 Å². The molecule has 0 aromatic heterocycles. The Bertz CT molecular complexity index is 660. The second kappa shape index (κ2) is 10.5. The first-order valence-corrected chi connectivity index (χ1v) is 10.1. The van der Waals surface area contributed by atoms with Crippen LogP contribution in [0.4, 0.5) is 0 Å². The number of hydrogen-bond acceptors (Lipinski definition) is 4.